The second-order valence-electron chi connectivity index (χ2n) is 8.67. The lowest BCUT2D eigenvalue weighted by Gasteiger charge is -2.15. The van der Waals surface area contributed by atoms with Gasteiger partial charge in [-0.2, -0.15) is 0 Å². The summed E-state index contributed by atoms with van der Waals surface area (Å²) in [5, 5.41) is 13.2. The third kappa shape index (κ3) is 7.08. The molecule has 1 saturated heterocycles. The van der Waals surface area contributed by atoms with Gasteiger partial charge in [-0.05, 0) is 49.6 Å². The van der Waals surface area contributed by atoms with Crippen molar-refractivity contribution in [1.82, 2.24) is 25.0 Å². The highest BCUT2D eigenvalue weighted by Gasteiger charge is 2.19. The Morgan fingerprint density at radius 3 is 2.60 bits per heavy atom. The standard InChI is InChI=1S/C26H30ClN5O2S/c1-19-5-7-20(8-6-19)18-35-26-30-29-23(32(26)22-11-9-21(27)10-12-22)13-14-24(33)28-15-3-17-31-16-2-4-25(31)34/h5-12H,2-4,13-18H2,1H3,(H,28,33). The van der Waals surface area contributed by atoms with Crippen molar-refractivity contribution in [3.05, 3.63) is 70.5 Å². The smallest absolute Gasteiger partial charge is 0.222 e. The first-order valence-electron chi connectivity index (χ1n) is 11.9. The van der Waals surface area contributed by atoms with Gasteiger partial charge in [0, 0.05) is 55.4 Å². The second kappa shape index (κ2) is 12.2. The molecular formula is C26H30ClN5O2S. The molecule has 3 aromatic rings. The molecule has 0 spiro atoms. The summed E-state index contributed by atoms with van der Waals surface area (Å²) in [6, 6.07) is 16.0. The Morgan fingerprint density at radius 2 is 1.89 bits per heavy atom. The Labute approximate surface area is 215 Å². The van der Waals surface area contributed by atoms with E-state index in [2.05, 4.69) is 46.7 Å². The topological polar surface area (TPSA) is 80.1 Å². The van der Waals surface area contributed by atoms with E-state index in [1.165, 1.54) is 11.1 Å². The van der Waals surface area contributed by atoms with Gasteiger partial charge in [-0.3, -0.25) is 14.2 Å². The van der Waals surface area contributed by atoms with Gasteiger partial charge in [-0.1, -0.05) is 53.2 Å². The van der Waals surface area contributed by atoms with Gasteiger partial charge in [0.15, 0.2) is 5.16 Å². The number of thioether (sulfide) groups is 1. The lowest BCUT2D eigenvalue weighted by molar-refractivity contribution is -0.127. The Morgan fingerprint density at radius 1 is 1.11 bits per heavy atom. The van der Waals surface area contributed by atoms with E-state index < -0.39 is 0 Å². The quantitative estimate of drug-likeness (QED) is 0.301. The van der Waals surface area contributed by atoms with E-state index in [4.69, 9.17) is 11.6 Å². The van der Waals surface area contributed by atoms with Crippen LogP contribution < -0.4 is 5.32 Å². The van der Waals surface area contributed by atoms with Crippen molar-refractivity contribution in [2.45, 2.75) is 49.9 Å². The van der Waals surface area contributed by atoms with Crippen molar-refractivity contribution < 1.29 is 9.59 Å². The minimum atomic E-state index is -0.0303. The lowest BCUT2D eigenvalue weighted by Crippen LogP contribution is -2.30. The van der Waals surface area contributed by atoms with Crippen LogP contribution in [0.3, 0.4) is 0 Å². The van der Waals surface area contributed by atoms with Crippen molar-refractivity contribution in [3.63, 3.8) is 0 Å². The first kappa shape index (κ1) is 25.3. The summed E-state index contributed by atoms with van der Waals surface area (Å²) in [6.45, 7) is 4.16. The molecule has 1 fully saturated rings. The summed E-state index contributed by atoms with van der Waals surface area (Å²) < 4.78 is 2.00. The monoisotopic (exact) mass is 511 g/mol. The van der Waals surface area contributed by atoms with E-state index in [1.54, 1.807) is 11.8 Å². The van der Waals surface area contributed by atoms with E-state index in [1.807, 2.05) is 33.7 Å². The molecule has 184 valence electrons. The molecule has 35 heavy (non-hydrogen) atoms. The molecule has 0 bridgehead atoms. The fourth-order valence-electron chi connectivity index (χ4n) is 3.99. The SMILES string of the molecule is Cc1ccc(CSc2nnc(CCC(=O)NCCCN3CCCC3=O)n2-c2ccc(Cl)cc2)cc1. The third-order valence-electron chi connectivity index (χ3n) is 5.95. The van der Waals surface area contributed by atoms with Crippen LogP contribution in [0.15, 0.2) is 53.7 Å². The zero-order valence-electron chi connectivity index (χ0n) is 19.9. The molecule has 0 unspecified atom stereocenters. The van der Waals surface area contributed by atoms with Gasteiger partial charge in [-0.15, -0.1) is 10.2 Å². The number of halogens is 1. The molecule has 4 rings (SSSR count). The molecule has 1 N–H and O–H groups in total. The minimum Gasteiger partial charge on any atom is -0.356 e. The average molecular weight is 512 g/mol. The fourth-order valence-corrected chi connectivity index (χ4v) is 5.04. The van der Waals surface area contributed by atoms with Crippen molar-refractivity contribution in [2.24, 2.45) is 0 Å². The number of carbonyl (C=O) groups is 2. The molecular weight excluding hydrogens is 482 g/mol. The lowest BCUT2D eigenvalue weighted by atomic mass is 10.2. The van der Waals surface area contributed by atoms with Gasteiger partial charge < -0.3 is 10.2 Å². The first-order valence-corrected chi connectivity index (χ1v) is 13.3. The fraction of sp³-hybridized carbons (Fsp3) is 0.385. The van der Waals surface area contributed by atoms with Crippen LogP contribution >= 0.6 is 23.4 Å². The number of likely N-dealkylation sites (tertiary alicyclic amines) is 1. The van der Waals surface area contributed by atoms with E-state index in [0.29, 0.717) is 37.4 Å². The number of hydrogen-bond acceptors (Lipinski definition) is 5. The molecule has 0 saturated carbocycles. The van der Waals surface area contributed by atoms with Crippen LogP contribution in [0.1, 0.15) is 42.6 Å². The number of rotatable bonds is 11. The molecule has 0 radical (unpaired) electrons. The number of aromatic nitrogens is 3. The Hall–Kier alpha value is -2.84. The number of hydrogen-bond donors (Lipinski definition) is 1. The third-order valence-corrected chi connectivity index (χ3v) is 7.20. The Kier molecular flexibility index (Phi) is 8.82. The molecule has 1 aliphatic heterocycles. The van der Waals surface area contributed by atoms with Crippen LogP contribution in [-0.4, -0.2) is 51.1 Å². The molecule has 2 amide bonds. The first-order chi connectivity index (χ1) is 17.0. The number of carbonyl (C=O) groups excluding carboxylic acids is 2. The van der Waals surface area contributed by atoms with Gasteiger partial charge in [0.25, 0.3) is 0 Å². The molecule has 1 aromatic heterocycles. The second-order valence-corrected chi connectivity index (χ2v) is 10.1. The van der Waals surface area contributed by atoms with Crippen molar-refractivity contribution >= 4 is 35.2 Å². The summed E-state index contributed by atoms with van der Waals surface area (Å²) in [6.07, 6.45) is 3.13. The number of amides is 2. The maximum atomic E-state index is 12.4. The zero-order chi connectivity index (χ0) is 24.6. The zero-order valence-corrected chi connectivity index (χ0v) is 21.4. The summed E-state index contributed by atoms with van der Waals surface area (Å²) in [7, 11) is 0. The predicted octanol–water partition coefficient (Wildman–Crippen LogP) is 4.58. The van der Waals surface area contributed by atoms with E-state index in [-0.39, 0.29) is 11.8 Å². The maximum absolute atomic E-state index is 12.4. The molecule has 9 heteroatoms. The highest BCUT2D eigenvalue weighted by atomic mass is 35.5. The predicted molar refractivity (Wildman–Crippen MR) is 139 cm³/mol. The van der Waals surface area contributed by atoms with Crippen molar-refractivity contribution in [2.75, 3.05) is 19.6 Å². The maximum Gasteiger partial charge on any atom is 0.222 e. The summed E-state index contributed by atoms with van der Waals surface area (Å²) >= 11 is 7.71. The molecule has 1 aliphatic rings. The average Bonchev–Trinajstić information content (AvgIpc) is 3.46. The highest BCUT2D eigenvalue weighted by Crippen LogP contribution is 2.26. The van der Waals surface area contributed by atoms with Crippen molar-refractivity contribution in [1.29, 1.82) is 0 Å². The van der Waals surface area contributed by atoms with Crippen LogP contribution in [0.4, 0.5) is 0 Å². The molecule has 2 heterocycles. The molecule has 0 atom stereocenters. The summed E-state index contributed by atoms with van der Waals surface area (Å²) in [5.74, 6) is 1.69. The molecule has 7 nitrogen and oxygen atoms in total. The van der Waals surface area contributed by atoms with Gasteiger partial charge in [0.1, 0.15) is 5.82 Å². The van der Waals surface area contributed by atoms with Crippen molar-refractivity contribution in [3.8, 4) is 5.69 Å². The van der Waals surface area contributed by atoms with Crippen LogP contribution in [0.25, 0.3) is 5.69 Å². The Bertz CT molecular complexity index is 1150. The number of nitrogens with one attached hydrogen (secondary N) is 1. The highest BCUT2D eigenvalue weighted by molar-refractivity contribution is 7.98. The molecule has 2 aromatic carbocycles. The Balaban J connectivity index is 1.36. The van der Waals surface area contributed by atoms with Crippen LogP contribution in [-0.2, 0) is 21.8 Å². The van der Waals surface area contributed by atoms with Crippen LogP contribution in [0.5, 0.6) is 0 Å². The number of benzene rings is 2. The number of nitrogens with zero attached hydrogens (tertiary/aromatic N) is 4. The van der Waals surface area contributed by atoms with E-state index in [9.17, 15) is 9.59 Å². The summed E-state index contributed by atoms with van der Waals surface area (Å²) in [5.41, 5.74) is 3.35. The van der Waals surface area contributed by atoms with Crippen LogP contribution in [0, 0.1) is 6.92 Å². The minimum absolute atomic E-state index is 0.0303. The molecule has 0 aliphatic carbocycles. The summed E-state index contributed by atoms with van der Waals surface area (Å²) in [4.78, 5) is 26.0. The van der Waals surface area contributed by atoms with Gasteiger partial charge >= 0.3 is 0 Å². The van der Waals surface area contributed by atoms with Crippen LogP contribution in [0.2, 0.25) is 5.02 Å². The normalized spacial score (nSPS) is 13.4. The van der Waals surface area contributed by atoms with Gasteiger partial charge in [0.2, 0.25) is 11.8 Å². The number of aryl methyl sites for hydroxylation is 2. The largest absolute Gasteiger partial charge is 0.356 e. The van der Waals surface area contributed by atoms with E-state index >= 15 is 0 Å². The van der Waals surface area contributed by atoms with E-state index in [0.717, 1.165) is 41.8 Å². The van der Waals surface area contributed by atoms with Gasteiger partial charge in [0.05, 0.1) is 0 Å². The van der Waals surface area contributed by atoms with Gasteiger partial charge in [-0.25, -0.2) is 0 Å².